The third-order valence-corrected chi connectivity index (χ3v) is 5.10. The van der Waals surface area contributed by atoms with Crippen molar-refractivity contribution in [2.24, 2.45) is 10.1 Å². The first-order valence-corrected chi connectivity index (χ1v) is 9.40. The molecule has 0 unspecified atom stereocenters. The zero-order valence-electron chi connectivity index (χ0n) is 16.4. The maximum atomic E-state index is 10.3. The van der Waals surface area contributed by atoms with Crippen LogP contribution in [0.4, 0.5) is 0 Å². The molecule has 29 heavy (non-hydrogen) atoms. The first-order chi connectivity index (χ1) is 14.0. The highest BCUT2D eigenvalue weighted by atomic mass is 32.1. The molecule has 0 saturated heterocycles. The molecule has 0 aliphatic carbocycles. The Kier molecular flexibility index (Phi) is 6.08. The van der Waals surface area contributed by atoms with Crippen molar-refractivity contribution in [1.29, 1.82) is 0 Å². The number of aromatic nitrogens is 1. The predicted molar refractivity (Wildman–Crippen MR) is 112 cm³/mol. The van der Waals surface area contributed by atoms with Gasteiger partial charge in [0, 0.05) is 36.2 Å². The van der Waals surface area contributed by atoms with E-state index in [2.05, 4.69) is 10.1 Å². The summed E-state index contributed by atoms with van der Waals surface area (Å²) in [4.78, 5) is 4.86. The molecule has 0 spiro atoms. The minimum atomic E-state index is -0.0611. The smallest absolute Gasteiger partial charge is 0.205 e. The average molecular weight is 415 g/mol. The van der Waals surface area contributed by atoms with Crippen LogP contribution >= 0.6 is 11.3 Å². The van der Waals surface area contributed by atoms with Crippen LogP contribution in [-0.4, -0.2) is 49.5 Å². The Morgan fingerprint density at radius 3 is 2.24 bits per heavy atom. The van der Waals surface area contributed by atoms with E-state index in [1.807, 2.05) is 5.38 Å². The number of phenolic OH excluding ortho intramolecular Hbond substituents is 2. The van der Waals surface area contributed by atoms with Crippen LogP contribution in [0.3, 0.4) is 0 Å². The molecular formula is C20H21N3O5S. The normalized spacial score (nSPS) is 11.8. The van der Waals surface area contributed by atoms with Gasteiger partial charge in [-0.2, -0.15) is 5.10 Å². The van der Waals surface area contributed by atoms with Gasteiger partial charge in [-0.05, 0) is 12.1 Å². The number of nitrogens with zero attached hydrogens (tertiary/aromatic N) is 3. The van der Waals surface area contributed by atoms with E-state index in [0.29, 0.717) is 38.9 Å². The quantitative estimate of drug-likeness (QED) is 0.603. The van der Waals surface area contributed by atoms with E-state index in [1.165, 1.54) is 23.5 Å². The van der Waals surface area contributed by atoms with E-state index in [0.717, 1.165) is 0 Å². The molecule has 3 aromatic rings. The van der Waals surface area contributed by atoms with Gasteiger partial charge in [-0.15, -0.1) is 11.3 Å². The van der Waals surface area contributed by atoms with Crippen molar-refractivity contribution in [1.82, 2.24) is 4.68 Å². The van der Waals surface area contributed by atoms with Gasteiger partial charge < -0.3 is 24.4 Å². The fourth-order valence-electron chi connectivity index (χ4n) is 2.76. The van der Waals surface area contributed by atoms with E-state index in [-0.39, 0.29) is 11.5 Å². The highest BCUT2D eigenvalue weighted by molar-refractivity contribution is 7.07. The van der Waals surface area contributed by atoms with Crippen molar-refractivity contribution in [3.63, 3.8) is 0 Å². The number of aromatic hydroxyl groups is 2. The summed E-state index contributed by atoms with van der Waals surface area (Å²) < 4.78 is 17.8. The van der Waals surface area contributed by atoms with Gasteiger partial charge in [0.2, 0.25) is 4.80 Å². The topological polar surface area (TPSA) is 97.8 Å². The van der Waals surface area contributed by atoms with Crippen molar-refractivity contribution < 1.29 is 24.4 Å². The molecule has 0 saturated carbocycles. The Bertz CT molecular complexity index is 1090. The van der Waals surface area contributed by atoms with Crippen LogP contribution < -0.4 is 19.0 Å². The van der Waals surface area contributed by atoms with Crippen LogP contribution in [0.25, 0.3) is 11.3 Å². The second-order valence-electron chi connectivity index (χ2n) is 5.83. The van der Waals surface area contributed by atoms with Crippen molar-refractivity contribution in [2.45, 2.75) is 0 Å². The van der Waals surface area contributed by atoms with Gasteiger partial charge in [-0.1, -0.05) is 0 Å². The van der Waals surface area contributed by atoms with Crippen LogP contribution in [0.1, 0.15) is 5.56 Å². The Morgan fingerprint density at radius 2 is 1.69 bits per heavy atom. The van der Waals surface area contributed by atoms with Crippen LogP contribution in [0.5, 0.6) is 28.7 Å². The Hall–Kier alpha value is -3.46. The molecule has 3 rings (SSSR count). The van der Waals surface area contributed by atoms with Crippen LogP contribution in [0.15, 0.2) is 45.8 Å². The Balaban J connectivity index is 2.14. The lowest BCUT2D eigenvalue weighted by Gasteiger charge is -2.12. The lowest BCUT2D eigenvalue weighted by Crippen LogP contribution is -2.12. The molecule has 0 radical (unpaired) electrons. The molecule has 2 N–H and O–H groups in total. The zero-order chi connectivity index (χ0) is 21.0. The summed E-state index contributed by atoms with van der Waals surface area (Å²) >= 11 is 1.37. The summed E-state index contributed by atoms with van der Waals surface area (Å²) in [7, 11) is 6.33. The number of phenols is 2. The first-order valence-electron chi connectivity index (χ1n) is 8.52. The number of rotatable bonds is 6. The number of hydrogen-bond acceptors (Lipinski definition) is 8. The van der Waals surface area contributed by atoms with Crippen molar-refractivity contribution in [3.8, 4) is 40.0 Å². The monoisotopic (exact) mass is 415 g/mol. The molecule has 0 fully saturated rings. The average Bonchev–Trinajstić information content (AvgIpc) is 3.14. The van der Waals surface area contributed by atoms with Gasteiger partial charge in [0.1, 0.15) is 28.7 Å². The molecule has 2 aromatic carbocycles. The molecule has 9 heteroatoms. The van der Waals surface area contributed by atoms with Crippen LogP contribution in [0, 0.1) is 0 Å². The highest BCUT2D eigenvalue weighted by Gasteiger charge is 2.14. The van der Waals surface area contributed by atoms with Gasteiger partial charge in [0.05, 0.1) is 38.8 Å². The van der Waals surface area contributed by atoms with Crippen molar-refractivity contribution in [2.75, 3.05) is 28.4 Å². The Morgan fingerprint density at radius 1 is 1.00 bits per heavy atom. The SMILES string of the molecule is CN=c1scc(-c2ccc(O)cc2O)n1/N=C/c1c(OC)cc(OC)cc1OC. The number of thiazole rings is 1. The van der Waals surface area contributed by atoms with Gasteiger partial charge in [0.25, 0.3) is 0 Å². The molecular weight excluding hydrogens is 394 g/mol. The molecule has 152 valence electrons. The van der Waals surface area contributed by atoms with Gasteiger partial charge in [-0.25, -0.2) is 4.68 Å². The fraction of sp³-hybridized carbons (Fsp3) is 0.200. The van der Waals surface area contributed by atoms with Gasteiger partial charge >= 0.3 is 0 Å². The predicted octanol–water partition coefficient (Wildman–Crippen LogP) is 3.07. The van der Waals surface area contributed by atoms with Gasteiger partial charge in [0.15, 0.2) is 0 Å². The lowest BCUT2D eigenvalue weighted by molar-refractivity contribution is 0.374. The second-order valence-corrected chi connectivity index (χ2v) is 6.67. The van der Waals surface area contributed by atoms with E-state index >= 15 is 0 Å². The van der Waals surface area contributed by atoms with Gasteiger partial charge in [-0.3, -0.25) is 4.99 Å². The van der Waals surface area contributed by atoms with E-state index in [9.17, 15) is 10.2 Å². The van der Waals surface area contributed by atoms with E-state index in [4.69, 9.17) is 14.2 Å². The maximum absolute atomic E-state index is 10.3. The summed E-state index contributed by atoms with van der Waals surface area (Å²) in [5.74, 6) is 1.58. The number of ether oxygens (including phenoxy) is 3. The summed E-state index contributed by atoms with van der Waals surface area (Å²) in [5, 5.41) is 26.2. The zero-order valence-corrected chi connectivity index (χ0v) is 17.2. The number of benzene rings is 2. The first kappa shape index (κ1) is 20.3. The highest BCUT2D eigenvalue weighted by Crippen LogP contribution is 2.34. The fourth-order valence-corrected chi connectivity index (χ4v) is 3.55. The molecule has 0 amide bonds. The Labute approximate surface area is 171 Å². The molecule has 8 nitrogen and oxygen atoms in total. The molecule has 0 aliphatic rings. The van der Waals surface area contributed by atoms with Crippen LogP contribution in [-0.2, 0) is 0 Å². The molecule has 0 bridgehead atoms. The molecule has 0 atom stereocenters. The summed E-state index contributed by atoms with van der Waals surface area (Å²) in [6.45, 7) is 0. The second kappa shape index (κ2) is 8.70. The summed E-state index contributed by atoms with van der Waals surface area (Å²) in [5.41, 5.74) is 1.76. The molecule has 0 aliphatic heterocycles. The third kappa shape index (κ3) is 4.04. The largest absolute Gasteiger partial charge is 0.508 e. The van der Waals surface area contributed by atoms with Crippen molar-refractivity contribution >= 4 is 17.6 Å². The summed E-state index contributed by atoms with van der Waals surface area (Å²) in [6, 6.07) is 7.87. The van der Waals surface area contributed by atoms with E-state index in [1.54, 1.807) is 57.5 Å². The van der Waals surface area contributed by atoms with E-state index < -0.39 is 0 Å². The molecule has 1 heterocycles. The number of hydrogen-bond donors (Lipinski definition) is 2. The third-order valence-electron chi connectivity index (χ3n) is 4.19. The summed E-state index contributed by atoms with van der Waals surface area (Å²) in [6.07, 6.45) is 1.60. The standard InChI is InChI=1S/C20H21N3O5S/c1-21-20-23(16(11-29-20)14-6-5-12(24)7-17(14)25)22-10-15-18(27-3)8-13(26-2)9-19(15)28-4/h5-11,24-25H,1-4H3/b21-20?,22-10+. The minimum absolute atomic E-state index is 0.0235. The minimum Gasteiger partial charge on any atom is -0.508 e. The molecule has 1 aromatic heterocycles. The maximum Gasteiger partial charge on any atom is 0.205 e. The van der Waals surface area contributed by atoms with Crippen molar-refractivity contribution in [3.05, 3.63) is 46.1 Å². The lowest BCUT2D eigenvalue weighted by atomic mass is 10.1. The number of methoxy groups -OCH3 is 3. The van der Waals surface area contributed by atoms with Crippen LogP contribution in [0.2, 0.25) is 0 Å².